The number of unbranched alkanes of at least 4 members (excludes halogenated alkanes) is 2. The van der Waals surface area contributed by atoms with Crippen LogP contribution >= 0.6 is 0 Å². The first-order valence-corrected chi connectivity index (χ1v) is 7.36. The predicted octanol–water partition coefficient (Wildman–Crippen LogP) is 3.71. The first kappa shape index (κ1) is 16.5. The largest absolute Gasteiger partial charge is 0.481 e. The molecule has 0 radical (unpaired) electrons. The third kappa shape index (κ3) is 5.59. The van der Waals surface area contributed by atoms with Crippen molar-refractivity contribution in [3.63, 3.8) is 0 Å². The molecule has 1 heterocycles. The topological polar surface area (TPSA) is 48.4 Å². The van der Waals surface area contributed by atoms with E-state index in [2.05, 4.69) is 11.9 Å². The molecule has 0 N–H and O–H groups in total. The van der Waals surface area contributed by atoms with Gasteiger partial charge in [-0.25, -0.2) is 4.98 Å². The highest BCUT2D eigenvalue weighted by molar-refractivity contribution is 5.70. The van der Waals surface area contributed by atoms with Gasteiger partial charge in [0.2, 0.25) is 5.88 Å². The highest BCUT2D eigenvalue weighted by Gasteiger charge is 2.17. The van der Waals surface area contributed by atoms with Crippen LogP contribution < -0.4 is 4.74 Å². The van der Waals surface area contributed by atoms with Crippen molar-refractivity contribution in [1.29, 1.82) is 0 Å². The van der Waals surface area contributed by atoms with Gasteiger partial charge in [-0.2, -0.15) is 0 Å². The van der Waals surface area contributed by atoms with Gasteiger partial charge in [0.25, 0.3) is 0 Å². The number of carbonyl (C=O) groups is 1. The van der Waals surface area contributed by atoms with E-state index in [1.165, 1.54) is 12.8 Å². The fraction of sp³-hybridized carbons (Fsp3) is 0.625. The van der Waals surface area contributed by atoms with Gasteiger partial charge in [-0.05, 0) is 24.8 Å². The first-order chi connectivity index (χ1) is 9.71. The van der Waals surface area contributed by atoms with Gasteiger partial charge < -0.3 is 9.47 Å². The van der Waals surface area contributed by atoms with Crippen LogP contribution in [0.25, 0.3) is 0 Å². The Bertz CT molecular complexity index is 389. The molecule has 0 aliphatic heterocycles. The minimum absolute atomic E-state index is 0.134. The SMILES string of the molecule is CCCCCC(CC(=O)OCC)c1ccc(OC)nc1. The van der Waals surface area contributed by atoms with Crippen molar-refractivity contribution in [3.8, 4) is 5.88 Å². The van der Waals surface area contributed by atoms with Gasteiger partial charge in [0, 0.05) is 12.3 Å². The summed E-state index contributed by atoms with van der Waals surface area (Å²) >= 11 is 0. The molecule has 4 heteroatoms. The van der Waals surface area contributed by atoms with Crippen LogP contribution in [0, 0.1) is 0 Å². The number of rotatable bonds is 9. The maximum atomic E-state index is 11.7. The Kier molecular flexibility index (Phi) is 7.70. The highest BCUT2D eigenvalue weighted by atomic mass is 16.5. The Morgan fingerprint density at radius 2 is 2.10 bits per heavy atom. The van der Waals surface area contributed by atoms with E-state index in [1.807, 2.05) is 19.1 Å². The first-order valence-electron chi connectivity index (χ1n) is 7.36. The zero-order valence-electron chi connectivity index (χ0n) is 12.7. The minimum Gasteiger partial charge on any atom is -0.481 e. The number of nitrogens with zero attached hydrogens (tertiary/aromatic N) is 1. The molecule has 1 rings (SSSR count). The smallest absolute Gasteiger partial charge is 0.306 e. The number of esters is 1. The lowest BCUT2D eigenvalue weighted by molar-refractivity contribution is -0.143. The lowest BCUT2D eigenvalue weighted by Gasteiger charge is -2.16. The number of hydrogen-bond donors (Lipinski definition) is 0. The lowest BCUT2D eigenvalue weighted by atomic mass is 9.91. The molecule has 1 unspecified atom stereocenters. The molecule has 0 amide bonds. The van der Waals surface area contributed by atoms with E-state index in [0.29, 0.717) is 18.9 Å². The molecule has 0 saturated carbocycles. The monoisotopic (exact) mass is 279 g/mol. The Morgan fingerprint density at radius 3 is 2.65 bits per heavy atom. The number of pyridine rings is 1. The van der Waals surface area contributed by atoms with E-state index < -0.39 is 0 Å². The van der Waals surface area contributed by atoms with Crippen molar-refractivity contribution in [3.05, 3.63) is 23.9 Å². The van der Waals surface area contributed by atoms with Gasteiger partial charge in [-0.15, -0.1) is 0 Å². The second kappa shape index (κ2) is 9.34. The van der Waals surface area contributed by atoms with Crippen LogP contribution in [0.3, 0.4) is 0 Å². The molecule has 1 atom stereocenters. The van der Waals surface area contributed by atoms with Gasteiger partial charge in [-0.1, -0.05) is 32.3 Å². The van der Waals surface area contributed by atoms with Gasteiger partial charge >= 0.3 is 5.97 Å². The van der Waals surface area contributed by atoms with E-state index in [9.17, 15) is 4.79 Å². The van der Waals surface area contributed by atoms with Crippen LogP contribution in [0.2, 0.25) is 0 Å². The van der Waals surface area contributed by atoms with Crippen molar-refractivity contribution in [2.24, 2.45) is 0 Å². The molecular weight excluding hydrogens is 254 g/mol. The minimum atomic E-state index is -0.134. The molecule has 4 nitrogen and oxygen atoms in total. The summed E-state index contributed by atoms with van der Waals surface area (Å²) in [6, 6.07) is 3.83. The fourth-order valence-corrected chi connectivity index (χ4v) is 2.20. The molecule has 0 aromatic carbocycles. The summed E-state index contributed by atoms with van der Waals surface area (Å²) in [4.78, 5) is 15.9. The maximum Gasteiger partial charge on any atom is 0.306 e. The molecule has 20 heavy (non-hydrogen) atoms. The maximum absolute atomic E-state index is 11.7. The van der Waals surface area contributed by atoms with Gasteiger partial charge in [0.15, 0.2) is 0 Å². The lowest BCUT2D eigenvalue weighted by Crippen LogP contribution is -2.11. The molecule has 0 fully saturated rings. The molecule has 0 spiro atoms. The number of aromatic nitrogens is 1. The summed E-state index contributed by atoms with van der Waals surface area (Å²) in [6.45, 7) is 4.44. The summed E-state index contributed by atoms with van der Waals surface area (Å²) in [5, 5.41) is 0. The Morgan fingerprint density at radius 1 is 1.30 bits per heavy atom. The number of methoxy groups -OCH3 is 1. The van der Waals surface area contributed by atoms with Gasteiger partial charge in [-0.3, -0.25) is 4.79 Å². The van der Waals surface area contributed by atoms with E-state index in [4.69, 9.17) is 9.47 Å². The van der Waals surface area contributed by atoms with Gasteiger partial charge in [0.05, 0.1) is 20.1 Å². The van der Waals surface area contributed by atoms with Crippen LogP contribution in [0.15, 0.2) is 18.3 Å². The van der Waals surface area contributed by atoms with Crippen molar-refractivity contribution in [2.75, 3.05) is 13.7 Å². The van der Waals surface area contributed by atoms with Crippen molar-refractivity contribution in [2.45, 2.75) is 51.9 Å². The summed E-state index contributed by atoms with van der Waals surface area (Å²) in [7, 11) is 1.60. The number of ether oxygens (including phenoxy) is 2. The standard InChI is InChI=1S/C16H25NO3/c1-4-6-7-8-13(11-16(18)20-5-2)14-9-10-15(19-3)17-12-14/h9-10,12-13H,4-8,11H2,1-3H3. The van der Waals surface area contributed by atoms with Crippen LogP contribution in [-0.2, 0) is 9.53 Å². The molecule has 0 aliphatic carbocycles. The second-order valence-corrected chi connectivity index (χ2v) is 4.84. The molecule has 0 aliphatic rings. The molecule has 112 valence electrons. The quantitative estimate of drug-likeness (QED) is 0.511. The molecule has 0 saturated heterocycles. The van der Waals surface area contributed by atoms with Crippen molar-refractivity contribution >= 4 is 5.97 Å². The van der Waals surface area contributed by atoms with Crippen LogP contribution in [0.4, 0.5) is 0 Å². The Hall–Kier alpha value is -1.58. The van der Waals surface area contributed by atoms with Crippen LogP contribution in [-0.4, -0.2) is 24.7 Å². The van der Waals surface area contributed by atoms with E-state index in [-0.39, 0.29) is 11.9 Å². The van der Waals surface area contributed by atoms with E-state index in [0.717, 1.165) is 18.4 Å². The highest BCUT2D eigenvalue weighted by Crippen LogP contribution is 2.27. The number of carbonyl (C=O) groups excluding carboxylic acids is 1. The van der Waals surface area contributed by atoms with Crippen LogP contribution in [0.1, 0.15) is 57.4 Å². The zero-order chi connectivity index (χ0) is 14.8. The predicted molar refractivity (Wildman–Crippen MR) is 78.9 cm³/mol. The number of hydrogen-bond acceptors (Lipinski definition) is 4. The van der Waals surface area contributed by atoms with Crippen molar-refractivity contribution in [1.82, 2.24) is 4.98 Å². The molecule has 1 aromatic rings. The second-order valence-electron chi connectivity index (χ2n) is 4.84. The fourth-order valence-electron chi connectivity index (χ4n) is 2.20. The third-order valence-corrected chi connectivity index (χ3v) is 3.31. The zero-order valence-corrected chi connectivity index (χ0v) is 12.7. The summed E-state index contributed by atoms with van der Waals surface area (Å²) in [6.07, 6.45) is 6.68. The Balaban J connectivity index is 2.70. The average Bonchev–Trinajstić information content (AvgIpc) is 2.47. The third-order valence-electron chi connectivity index (χ3n) is 3.31. The Labute approximate surface area is 121 Å². The van der Waals surface area contributed by atoms with Gasteiger partial charge in [0.1, 0.15) is 0 Å². The van der Waals surface area contributed by atoms with Crippen LogP contribution in [0.5, 0.6) is 5.88 Å². The molecule has 1 aromatic heterocycles. The van der Waals surface area contributed by atoms with E-state index >= 15 is 0 Å². The molecule has 0 bridgehead atoms. The van der Waals surface area contributed by atoms with Crippen molar-refractivity contribution < 1.29 is 14.3 Å². The summed E-state index contributed by atoms with van der Waals surface area (Å²) in [5.74, 6) is 0.640. The average molecular weight is 279 g/mol. The van der Waals surface area contributed by atoms with E-state index in [1.54, 1.807) is 13.3 Å². The summed E-state index contributed by atoms with van der Waals surface area (Å²) < 4.78 is 10.1. The molecular formula is C16H25NO3. The summed E-state index contributed by atoms with van der Waals surface area (Å²) in [5.41, 5.74) is 1.08. The normalized spacial score (nSPS) is 11.9.